The third-order valence-corrected chi connectivity index (χ3v) is 11.1. The molecule has 4 amide bonds. The summed E-state index contributed by atoms with van der Waals surface area (Å²) >= 11 is 0. The Kier molecular flexibility index (Phi) is 8.43. The predicted octanol–water partition coefficient (Wildman–Crippen LogP) is 8.03. The summed E-state index contributed by atoms with van der Waals surface area (Å²) in [4.78, 5) is 53.0. The quantitative estimate of drug-likeness (QED) is 0.137. The lowest BCUT2D eigenvalue weighted by Crippen LogP contribution is -2.29. The molecule has 8 rings (SSSR count). The lowest BCUT2D eigenvalue weighted by Gasteiger charge is -2.14. The van der Waals surface area contributed by atoms with E-state index in [4.69, 9.17) is 9.47 Å². The van der Waals surface area contributed by atoms with Crippen LogP contribution in [0.4, 0.5) is 5.69 Å². The Morgan fingerprint density at radius 1 is 0.481 bits per heavy atom. The van der Waals surface area contributed by atoms with Crippen LogP contribution in [0.1, 0.15) is 58.1 Å². The van der Waals surface area contributed by atoms with Crippen molar-refractivity contribution in [2.24, 2.45) is 0 Å². The molecule has 0 aliphatic carbocycles. The first-order valence-electron chi connectivity index (χ1n) is 16.9. The lowest BCUT2D eigenvalue weighted by molar-refractivity contribution is 0.0692. The summed E-state index contributed by atoms with van der Waals surface area (Å²) in [6, 6.07) is 37.4. The molecule has 6 aromatic rings. The fourth-order valence-corrected chi connectivity index (χ4v) is 7.71. The van der Waals surface area contributed by atoms with Gasteiger partial charge in [0.1, 0.15) is 23.0 Å². The van der Waals surface area contributed by atoms with Crippen molar-refractivity contribution in [3.8, 4) is 23.0 Å². The second kappa shape index (κ2) is 13.3. The fraction of sp³-hybridized carbons (Fsp3) is 0.0698. The average Bonchev–Trinajstić information content (AvgIpc) is 3.56. The number of ether oxygens (including phenoxy) is 2. The van der Waals surface area contributed by atoms with Crippen LogP contribution in [0.5, 0.6) is 23.0 Å². The third-order valence-electron chi connectivity index (χ3n) is 9.38. The molecule has 6 aromatic carbocycles. The number of nitrogens with zero attached hydrogens (tertiary/aromatic N) is 2. The Morgan fingerprint density at radius 2 is 0.870 bits per heavy atom. The van der Waals surface area contributed by atoms with Crippen LogP contribution in [0.2, 0.25) is 0 Å². The van der Waals surface area contributed by atoms with Crippen molar-refractivity contribution < 1.29 is 37.1 Å². The van der Waals surface area contributed by atoms with Gasteiger partial charge in [-0.15, -0.1) is 0 Å². The zero-order valence-electron chi connectivity index (χ0n) is 29.0. The maximum Gasteiger partial charge on any atom is 0.266 e. The third kappa shape index (κ3) is 6.20. The number of amides is 4. The molecule has 0 saturated carbocycles. The summed E-state index contributed by atoms with van der Waals surface area (Å²) in [5.41, 5.74) is 3.77. The van der Waals surface area contributed by atoms with Crippen LogP contribution in [0, 0.1) is 6.92 Å². The van der Waals surface area contributed by atoms with Crippen LogP contribution in [0.25, 0.3) is 0 Å². The number of fused-ring (bicyclic) bond motifs is 2. The molecule has 0 atom stereocenters. The molecular formula is C43H30N2O8S. The molecule has 0 saturated heterocycles. The van der Waals surface area contributed by atoms with Crippen LogP contribution in [-0.4, -0.2) is 44.0 Å². The Bertz CT molecular complexity index is 2620. The molecule has 0 unspecified atom stereocenters. The molecule has 2 aliphatic rings. The first-order chi connectivity index (χ1) is 26.0. The summed E-state index contributed by atoms with van der Waals surface area (Å²) in [6.45, 7) is 2.03. The van der Waals surface area contributed by atoms with E-state index in [1.807, 2.05) is 79.7 Å². The van der Waals surface area contributed by atoms with Crippen molar-refractivity contribution in [3.63, 3.8) is 0 Å². The van der Waals surface area contributed by atoms with Gasteiger partial charge in [-0.2, -0.15) is 0 Å². The van der Waals surface area contributed by atoms with Crippen molar-refractivity contribution >= 4 is 39.2 Å². The molecule has 0 N–H and O–H groups in total. The van der Waals surface area contributed by atoms with Crippen molar-refractivity contribution in [1.29, 1.82) is 0 Å². The Hall–Kier alpha value is -6.85. The van der Waals surface area contributed by atoms with Gasteiger partial charge in [-0.3, -0.25) is 24.1 Å². The number of imide groups is 2. The van der Waals surface area contributed by atoms with E-state index in [9.17, 15) is 27.6 Å². The van der Waals surface area contributed by atoms with Gasteiger partial charge >= 0.3 is 0 Å². The topological polar surface area (TPSA) is 127 Å². The number of hydrogen-bond acceptors (Lipinski definition) is 8. The molecule has 0 spiro atoms. The van der Waals surface area contributed by atoms with Crippen molar-refractivity contribution in [1.82, 2.24) is 4.90 Å². The van der Waals surface area contributed by atoms with E-state index in [1.54, 1.807) is 24.3 Å². The predicted molar refractivity (Wildman–Crippen MR) is 199 cm³/mol. The normalized spacial score (nSPS) is 13.7. The smallest absolute Gasteiger partial charge is 0.266 e. The number of sulfone groups is 1. The largest absolute Gasteiger partial charge is 0.457 e. The summed E-state index contributed by atoms with van der Waals surface area (Å²) in [6.07, 6.45) is 0.725. The maximum atomic E-state index is 13.6. The van der Waals surface area contributed by atoms with E-state index in [0.29, 0.717) is 11.5 Å². The molecule has 0 radical (unpaired) electrons. The number of carbonyl (C=O) groups is 4. The van der Waals surface area contributed by atoms with Gasteiger partial charge in [0.25, 0.3) is 23.6 Å². The zero-order chi connectivity index (χ0) is 37.7. The van der Waals surface area contributed by atoms with E-state index in [2.05, 4.69) is 0 Å². The van der Waals surface area contributed by atoms with Gasteiger partial charge in [-0.05, 0) is 122 Å². The van der Waals surface area contributed by atoms with Gasteiger partial charge in [0.15, 0.2) is 0 Å². The van der Waals surface area contributed by atoms with E-state index >= 15 is 0 Å². The molecule has 0 bridgehead atoms. The van der Waals surface area contributed by atoms with Crippen molar-refractivity contribution in [3.05, 3.63) is 172 Å². The highest BCUT2D eigenvalue weighted by atomic mass is 32.2. The van der Waals surface area contributed by atoms with Crippen molar-refractivity contribution in [2.45, 2.75) is 23.1 Å². The van der Waals surface area contributed by atoms with Crippen LogP contribution in [-0.2, 0) is 16.3 Å². The highest BCUT2D eigenvalue weighted by molar-refractivity contribution is 7.91. The van der Waals surface area contributed by atoms with Gasteiger partial charge in [-0.25, -0.2) is 13.3 Å². The van der Waals surface area contributed by atoms with Gasteiger partial charge in [0.2, 0.25) is 9.84 Å². The van der Waals surface area contributed by atoms with Crippen LogP contribution in [0.15, 0.2) is 143 Å². The maximum absolute atomic E-state index is 13.6. The monoisotopic (exact) mass is 734 g/mol. The minimum absolute atomic E-state index is 0.0190. The van der Waals surface area contributed by atoms with E-state index in [-0.39, 0.29) is 37.7 Å². The summed E-state index contributed by atoms with van der Waals surface area (Å²) < 4.78 is 39.1. The molecule has 2 aliphatic heterocycles. The number of aryl methyl sites for hydroxylation is 1. The summed E-state index contributed by atoms with van der Waals surface area (Å²) in [5, 5.41) is 0. The second-order valence-corrected chi connectivity index (χ2v) is 15.0. The molecule has 54 heavy (non-hydrogen) atoms. The molecule has 2 heterocycles. The minimum atomic E-state index is -4.22. The second-order valence-electron chi connectivity index (χ2n) is 13.0. The molecule has 0 aromatic heterocycles. The van der Waals surface area contributed by atoms with E-state index in [1.165, 1.54) is 36.9 Å². The number of rotatable bonds is 9. The number of carbonyl (C=O) groups excluding carboxylic acids is 4. The number of hydrogen-bond donors (Lipinski definition) is 0. The Labute approximate surface area is 310 Å². The zero-order valence-corrected chi connectivity index (χ0v) is 29.8. The van der Waals surface area contributed by atoms with Crippen LogP contribution in [0.3, 0.4) is 0 Å². The number of anilines is 1. The summed E-state index contributed by atoms with van der Waals surface area (Å²) in [7, 11) is -2.90. The van der Waals surface area contributed by atoms with Crippen molar-refractivity contribution in [2.75, 3.05) is 11.9 Å². The van der Waals surface area contributed by atoms with Gasteiger partial charge in [0.05, 0.1) is 37.7 Å². The first-order valence-corrected chi connectivity index (χ1v) is 18.4. The summed E-state index contributed by atoms with van der Waals surface area (Å²) in [5.74, 6) is 0.244. The van der Waals surface area contributed by atoms with E-state index < -0.39 is 33.5 Å². The standard InChI is InChI=1S/C43H30N2O8S/c1-26-3-11-30(12-4-26)52-31-13-5-27(6-14-31)23-28-7-15-32(16-8-28)53-33-17-9-29(10-18-33)45-42(48)37-22-20-35(25-39(37)43(45)49)54(50,51)34-19-21-36-38(24-34)41(47)44(2)40(36)46/h3-22,24-25H,23H2,1-2H3. The SMILES string of the molecule is Cc1ccc(Oc2ccc(Cc3ccc(Oc4ccc(N5C(=O)c6ccc(S(=O)(=O)c7ccc8c(c7)C(=O)N(C)C8=O)cc6C5=O)cc4)cc3)cc2)cc1. The fourth-order valence-electron chi connectivity index (χ4n) is 6.39. The van der Waals surface area contributed by atoms with Crippen LogP contribution < -0.4 is 14.4 Å². The lowest BCUT2D eigenvalue weighted by atomic mass is 10.0. The number of benzene rings is 6. The molecule has 0 fully saturated rings. The Morgan fingerprint density at radius 3 is 1.37 bits per heavy atom. The minimum Gasteiger partial charge on any atom is -0.457 e. The van der Waals surface area contributed by atoms with Gasteiger partial charge in [0, 0.05) is 7.05 Å². The van der Waals surface area contributed by atoms with Gasteiger partial charge in [-0.1, -0.05) is 42.0 Å². The van der Waals surface area contributed by atoms with E-state index in [0.717, 1.165) is 51.0 Å². The van der Waals surface area contributed by atoms with Gasteiger partial charge < -0.3 is 9.47 Å². The first kappa shape index (κ1) is 34.2. The Balaban J connectivity index is 0.918. The molecule has 10 nitrogen and oxygen atoms in total. The van der Waals surface area contributed by atoms with Crippen LogP contribution >= 0.6 is 0 Å². The molecular weight excluding hydrogens is 705 g/mol. The highest BCUT2D eigenvalue weighted by Gasteiger charge is 2.39. The highest BCUT2D eigenvalue weighted by Crippen LogP contribution is 2.34. The average molecular weight is 735 g/mol. The molecule has 11 heteroatoms. The molecule has 266 valence electrons.